The molecule has 2 aromatic carbocycles. The van der Waals surface area contributed by atoms with Gasteiger partial charge in [0.1, 0.15) is 18.5 Å². The highest BCUT2D eigenvalue weighted by Gasteiger charge is 2.31. The van der Waals surface area contributed by atoms with Gasteiger partial charge in [-0.2, -0.15) is 13.2 Å². The molecule has 1 aliphatic rings. The number of nitrogens with zero attached hydrogens (tertiary/aromatic N) is 3. The Bertz CT molecular complexity index is 1530. The van der Waals surface area contributed by atoms with Crippen LogP contribution >= 0.6 is 0 Å². The Kier molecular flexibility index (Phi) is 9.16. The summed E-state index contributed by atoms with van der Waals surface area (Å²) >= 11 is 0. The lowest BCUT2D eigenvalue weighted by Gasteiger charge is -2.33. The van der Waals surface area contributed by atoms with E-state index >= 15 is 0 Å². The van der Waals surface area contributed by atoms with E-state index in [-0.39, 0.29) is 34.8 Å². The van der Waals surface area contributed by atoms with Gasteiger partial charge >= 0.3 is 12.3 Å². The van der Waals surface area contributed by atoms with Crippen LogP contribution in [-0.2, 0) is 6.54 Å². The topological polar surface area (TPSA) is 99.1 Å². The molecule has 224 valence electrons. The number of methoxy groups -OCH3 is 1. The van der Waals surface area contributed by atoms with Gasteiger partial charge in [0.2, 0.25) is 0 Å². The van der Waals surface area contributed by atoms with E-state index in [1.807, 2.05) is 11.9 Å². The number of benzene rings is 2. The summed E-state index contributed by atoms with van der Waals surface area (Å²) in [5.41, 5.74) is 1.11. The summed E-state index contributed by atoms with van der Waals surface area (Å²) < 4.78 is 61.8. The largest absolute Gasteiger partial charge is 0.495 e. The van der Waals surface area contributed by atoms with E-state index in [4.69, 9.17) is 4.74 Å². The van der Waals surface area contributed by atoms with Crippen molar-refractivity contribution in [3.05, 3.63) is 53.7 Å². The Labute approximate surface area is 240 Å². The first-order valence-corrected chi connectivity index (χ1v) is 13.1. The third kappa shape index (κ3) is 6.88. The second-order valence-corrected chi connectivity index (χ2v) is 9.92. The van der Waals surface area contributed by atoms with Gasteiger partial charge in [0.25, 0.3) is 5.91 Å². The quantitative estimate of drug-likeness (QED) is 0.276. The molecule has 1 fully saturated rings. The molecule has 1 saturated heterocycles. The molecule has 42 heavy (non-hydrogen) atoms. The maximum Gasteiger partial charge on any atom is 0.412 e. The van der Waals surface area contributed by atoms with Crippen LogP contribution in [0.4, 0.5) is 33.7 Å². The molecule has 3 aromatic rings. The van der Waals surface area contributed by atoms with E-state index in [0.717, 1.165) is 9.47 Å². The summed E-state index contributed by atoms with van der Waals surface area (Å²) in [5.74, 6) is 5.07. The molecule has 2 atom stereocenters. The predicted molar refractivity (Wildman–Crippen MR) is 151 cm³/mol. The van der Waals surface area contributed by atoms with Crippen molar-refractivity contribution >= 4 is 34.3 Å². The van der Waals surface area contributed by atoms with Crippen molar-refractivity contribution in [2.75, 3.05) is 51.1 Å². The number of piperidine rings is 1. The SMILES string of the molecule is CNC(=O)c1ccc(N(CC#Cc2cc3c(N[C@@H]4CCN(C)C[C@@H]4F)cccc3n2CC(F)(F)F)C(=O)O)c(OC)c1. The minimum Gasteiger partial charge on any atom is -0.495 e. The van der Waals surface area contributed by atoms with Crippen molar-refractivity contribution in [3.63, 3.8) is 0 Å². The van der Waals surface area contributed by atoms with Gasteiger partial charge in [-0.3, -0.25) is 9.69 Å². The number of carbonyl (C=O) groups is 2. The molecule has 0 radical (unpaired) electrons. The fourth-order valence-electron chi connectivity index (χ4n) is 4.93. The second kappa shape index (κ2) is 12.6. The van der Waals surface area contributed by atoms with Gasteiger partial charge in [-0.15, -0.1) is 0 Å². The van der Waals surface area contributed by atoms with Crippen LogP contribution in [0.2, 0.25) is 0 Å². The summed E-state index contributed by atoms with van der Waals surface area (Å²) in [5, 5.41) is 15.9. The molecule has 4 rings (SSSR count). The number of ether oxygens (including phenoxy) is 1. The molecule has 0 unspecified atom stereocenters. The number of carbonyl (C=O) groups excluding carboxylic acids is 1. The maximum absolute atomic E-state index is 14.7. The molecular weight excluding hydrogens is 558 g/mol. The van der Waals surface area contributed by atoms with E-state index in [1.54, 1.807) is 12.1 Å². The summed E-state index contributed by atoms with van der Waals surface area (Å²) in [6.45, 7) is -0.789. The van der Waals surface area contributed by atoms with E-state index in [9.17, 15) is 32.3 Å². The number of likely N-dealkylation sites (tertiary alicyclic amines) is 1. The van der Waals surface area contributed by atoms with Crippen LogP contribution in [0.1, 0.15) is 22.5 Å². The third-order valence-electron chi connectivity index (χ3n) is 7.01. The Morgan fingerprint density at radius 1 is 1.21 bits per heavy atom. The van der Waals surface area contributed by atoms with E-state index < -0.39 is 43.5 Å². The number of alkyl halides is 4. The highest BCUT2D eigenvalue weighted by Crippen LogP contribution is 2.32. The number of anilines is 2. The lowest BCUT2D eigenvalue weighted by atomic mass is 10.0. The molecule has 2 heterocycles. The zero-order chi connectivity index (χ0) is 30.6. The highest BCUT2D eigenvalue weighted by molar-refractivity contribution is 5.97. The van der Waals surface area contributed by atoms with Crippen LogP contribution in [0.5, 0.6) is 5.75 Å². The van der Waals surface area contributed by atoms with Gasteiger partial charge in [0.05, 0.1) is 36.6 Å². The van der Waals surface area contributed by atoms with Crippen LogP contribution in [-0.4, -0.2) is 85.8 Å². The average molecular weight is 590 g/mol. The summed E-state index contributed by atoms with van der Waals surface area (Å²) in [7, 11) is 4.59. The number of amides is 2. The zero-order valence-electron chi connectivity index (χ0n) is 23.3. The fraction of sp³-hybridized carbons (Fsp3) is 0.379. The van der Waals surface area contributed by atoms with Gasteiger partial charge in [-0.1, -0.05) is 12.0 Å². The van der Waals surface area contributed by atoms with Gasteiger partial charge in [0, 0.05) is 36.8 Å². The first-order chi connectivity index (χ1) is 19.9. The van der Waals surface area contributed by atoms with E-state index in [1.165, 1.54) is 44.5 Å². The Morgan fingerprint density at radius 2 is 1.98 bits per heavy atom. The summed E-state index contributed by atoms with van der Waals surface area (Å²) in [6, 6.07) is 9.98. The van der Waals surface area contributed by atoms with Crippen LogP contribution in [0.3, 0.4) is 0 Å². The first kappa shape index (κ1) is 30.5. The molecule has 3 N–H and O–H groups in total. The summed E-state index contributed by atoms with van der Waals surface area (Å²) in [6.07, 6.45) is -6.56. The monoisotopic (exact) mass is 589 g/mol. The number of nitrogens with one attached hydrogen (secondary N) is 2. The molecule has 1 aromatic heterocycles. The molecule has 1 aliphatic heterocycles. The Morgan fingerprint density at radius 3 is 2.62 bits per heavy atom. The number of halogens is 4. The lowest BCUT2D eigenvalue weighted by molar-refractivity contribution is -0.140. The van der Waals surface area contributed by atoms with Crippen LogP contribution < -0.4 is 20.3 Å². The standard InChI is InChI=1S/C29H31F4N5O4/c1-34-27(39)18-9-10-25(26(14-18)42-3)37(28(40)41)12-5-6-19-15-20-22(35-23-11-13-36(2)16-21(23)30)7-4-8-24(20)38(19)17-29(31,32)33/h4,7-10,14-15,21,23,35H,11-13,16-17H2,1-3H3,(H,34,39)(H,40,41)/t21-,23+/m0/s1. The molecule has 13 heteroatoms. The maximum atomic E-state index is 14.7. The van der Waals surface area contributed by atoms with Gasteiger partial charge in [-0.25, -0.2) is 9.18 Å². The summed E-state index contributed by atoms with van der Waals surface area (Å²) in [4.78, 5) is 26.8. The number of hydrogen-bond acceptors (Lipinski definition) is 5. The van der Waals surface area contributed by atoms with Gasteiger partial charge in [-0.05, 0) is 55.8 Å². The normalized spacial score (nSPS) is 17.3. The highest BCUT2D eigenvalue weighted by atomic mass is 19.4. The van der Waals surface area contributed by atoms with Crippen molar-refractivity contribution in [1.29, 1.82) is 0 Å². The van der Waals surface area contributed by atoms with E-state index in [2.05, 4.69) is 22.5 Å². The molecular formula is C29H31F4N5O4. The van der Waals surface area contributed by atoms with Crippen molar-refractivity contribution in [2.24, 2.45) is 0 Å². The number of fused-ring (bicyclic) bond motifs is 1. The smallest absolute Gasteiger partial charge is 0.412 e. The second-order valence-electron chi connectivity index (χ2n) is 9.92. The fourth-order valence-corrected chi connectivity index (χ4v) is 4.93. The van der Waals surface area contributed by atoms with Crippen LogP contribution in [0.25, 0.3) is 10.9 Å². The molecule has 0 bridgehead atoms. The van der Waals surface area contributed by atoms with Crippen molar-refractivity contribution in [1.82, 2.24) is 14.8 Å². The Balaban J connectivity index is 1.69. The molecule has 0 saturated carbocycles. The minimum absolute atomic E-state index is 0.0176. The van der Waals surface area contributed by atoms with Crippen molar-refractivity contribution < 1.29 is 37.0 Å². The van der Waals surface area contributed by atoms with Crippen LogP contribution in [0, 0.1) is 11.8 Å². The molecule has 0 aliphatic carbocycles. The van der Waals surface area contributed by atoms with Gasteiger partial charge in [0.15, 0.2) is 0 Å². The molecule has 0 spiro atoms. The average Bonchev–Trinajstić information content (AvgIpc) is 3.28. The number of carboxylic acid groups (broad SMARTS) is 1. The third-order valence-corrected chi connectivity index (χ3v) is 7.01. The number of aromatic nitrogens is 1. The lowest BCUT2D eigenvalue weighted by Crippen LogP contribution is -2.46. The molecule has 9 nitrogen and oxygen atoms in total. The van der Waals surface area contributed by atoms with Crippen LogP contribution in [0.15, 0.2) is 42.5 Å². The molecule has 2 amide bonds. The number of rotatable bonds is 7. The zero-order valence-corrected chi connectivity index (χ0v) is 23.3. The van der Waals surface area contributed by atoms with Gasteiger partial charge < -0.3 is 29.9 Å². The Hall–Kier alpha value is -4.44. The van der Waals surface area contributed by atoms with Crippen molar-refractivity contribution in [3.8, 4) is 17.6 Å². The number of hydrogen-bond donors (Lipinski definition) is 3. The minimum atomic E-state index is -4.56. The van der Waals surface area contributed by atoms with Crippen molar-refractivity contribution in [2.45, 2.75) is 31.4 Å². The predicted octanol–water partition coefficient (Wildman–Crippen LogP) is 4.56. The van der Waals surface area contributed by atoms with E-state index in [0.29, 0.717) is 24.0 Å². The first-order valence-electron chi connectivity index (χ1n) is 13.1.